The lowest BCUT2D eigenvalue weighted by atomic mass is 10.1. The minimum Gasteiger partial charge on any atom is -0.497 e. The fourth-order valence-corrected chi connectivity index (χ4v) is 2.21. The Morgan fingerprint density at radius 2 is 1.65 bits per heavy atom. The summed E-state index contributed by atoms with van der Waals surface area (Å²) in [6, 6.07) is 7.95. The summed E-state index contributed by atoms with van der Waals surface area (Å²) in [6.07, 6.45) is 11.9. The molecule has 0 spiro atoms. The molecule has 1 rings (SSSR count). The minimum absolute atomic E-state index is 0.879. The summed E-state index contributed by atoms with van der Waals surface area (Å²) in [4.78, 5) is 0. The lowest BCUT2D eigenvalue weighted by Gasteiger charge is -1.99. The molecule has 0 heterocycles. The third-order valence-corrected chi connectivity index (χ3v) is 3.46. The van der Waals surface area contributed by atoms with Crippen molar-refractivity contribution in [3.63, 3.8) is 0 Å². The van der Waals surface area contributed by atoms with E-state index in [0.717, 1.165) is 17.7 Å². The van der Waals surface area contributed by atoms with E-state index in [-0.39, 0.29) is 0 Å². The number of unbranched alkanes of at least 4 members (excludes halogenated alkanes) is 8. The van der Waals surface area contributed by atoms with Crippen LogP contribution >= 0.6 is 0 Å². The van der Waals surface area contributed by atoms with Gasteiger partial charge in [-0.3, -0.25) is 0 Å². The first-order valence-corrected chi connectivity index (χ1v) is 7.99. The fourth-order valence-electron chi connectivity index (χ4n) is 2.21. The molecular formula is C19H28O. The molecule has 1 aromatic rings. The first-order chi connectivity index (χ1) is 9.86. The van der Waals surface area contributed by atoms with Crippen LogP contribution in [-0.2, 0) is 0 Å². The van der Waals surface area contributed by atoms with Crippen LogP contribution < -0.4 is 4.74 Å². The number of methoxy groups -OCH3 is 1. The molecule has 0 N–H and O–H groups in total. The number of hydrogen-bond donors (Lipinski definition) is 0. The van der Waals surface area contributed by atoms with Crippen molar-refractivity contribution < 1.29 is 4.74 Å². The molecule has 20 heavy (non-hydrogen) atoms. The monoisotopic (exact) mass is 272 g/mol. The van der Waals surface area contributed by atoms with Crippen molar-refractivity contribution >= 4 is 0 Å². The molecule has 0 aromatic heterocycles. The normalized spacial score (nSPS) is 9.90. The minimum atomic E-state index is 0.879. The Morgan fingerprint density at radius 1 is 0.950 bits per heavy atom. The van der Waals surface area contributed by atoms with E-state index in [4.69, 9.17) is 4.74 Å². The Bertz CT molecular complexity index is 411. The molecule has 1 nitrogen and oxygen atoms in total. The predicted octanol–water partition coefficient (Wildman–Crippen LogP) is 5.58. The van der Waals surface area contributed by atoms with Gasteiger partial charge in [0.15, 0.2) is 0 Å². The van der Waals surface area contributed by atoms with Crippen LogP contribution in [0.5, 0.6) is 5.75 Å². The van der Waals surface area contributed by atoms with Gasteiger partial charge in [0.2, 0.25) is 0 Å². The molecule has 0 aliphatic carbocycles. The third kappa shape index (κ3) is 7.89. The van der Waals surface area contributed by atoms with Crippen molar-refractivity contribution in [3.8, 4) is 17.6 Å². The summed E-state index contributed by atoms with van der Waals surface area (Å²) in [5.74, 6) is 7.35. The van der Waals surface area contributed by atoms with Gasteiger partial charge in [-0.05, 0) is 24.6 Å². The van der Waals surface area contributed by atoms with E-state index < -0.39 is 0 Å². The second kappa shape index (κ2) is 11.4. The van der Waals surface area contributed by atoms with Crippen LogP contribution in [0.4, 0.5) is 0 Å². The van der Waals surface area contributed by atoms with E-state index in [1.165, 1.54) is 51.4 Å². The number of hydrogen-bond acceptors (Lipinski definition) is 1. The number of benzene rings is 1. The van der Waals surface area contributed by atoms with Crippen molar-refractivity contribution in [3.05, 3.63) is 29.8 Å². The summed E-state index contributed by atoms with van der Waals surface area (Å²) >= 11 is 0. The van der Waals surface area contributed by atoms with Gasteiger partial charge in [-0.25, -0.2) is 0 Å². The van der Waals surface area contributed by atoms with Crippen LogP contribution in [0.3, 0.4) is 0 Å². The quantitative estimate of drug-likeness (QED) is 0.421. The second-order valence-corrected chi connectivity index (χ2v) is 5.26. The zero-order valence-electron chi connectivity index (χ0n) is 13.1. The third-order valence-electron chi connectivity index (χ3n) is 3.46. The smallest absolute Gasteiger partial charge is 0.120 e. The van der Waals surface area contributed by atoms with Crippen LogP contribution in [0.2, 0.25) is 0 Å². The lowest BCUT2D eigenvalue weighted by molar-refractivity contribution is 0.414. The summed E-state index contributed by atoms with van der Waals surface area (Å²) in [5.41, 5.74) is 1.05. The molecule has 0 atom stereocenters. The van der Waals surface area contributed by atoms with Crippen molar-refractivity contribution in [2.75, 3.05) is 7.11 Å². The maximum Gasteiger partial charge on any atom is 0.120 e. The second-order valence-electron chi connectivity index (χ2n) is 5.26. The van der Waals surface area contributed by atoms with E-state index in [1.807, 2.05) is 24.3 Å². The molecule has 0 bridgehead atoms. The fraction of sp³-hybridized carbons (Fsp3) is 0.579. The zero-order chi connectivity index (χ0) is 14.5. The summed E-state index contributed by atoms with van der Waals surface area (Å²) in [7, 11) is 1.69. The Morgan fingerprint density at radius 3 is 2.35 bits per heavy atom. The highest BCUT2D eigenvalue weighted by atomic mass is 16.5. The molecule has 1 aromatic carbocycles. The van der Waals surface area contributed by atoms with Crippen molar-refractivity contribution in [1.29, 1.82) is 0 Å². The van der Waals surface area contributed by atoms with Crippen molar-refractivity contribution in [1.82, 2.24) is 0 Å². The van der Waals surface area contributed by atoms with Gasteiger partial charge in [-0.1, -0.05) is 69.8 Å². The van der Waals surface area contributed by atoms with Crippen LogP contribution in [0, 0.1) is 11.8 Å². The van der Waals surface area contributed by atoms with Crippen molar-refractivity contribution in [2.24, 2.45) is 0 Å². The van der Waals surface area contributed by atoms with Gasteiger partial charge in [-0.2, -0.15) is 0 Å². The Kier molecular flexibility index (Phi) is 9.49. The van der Waals surface area contributed by atoms with E-state index >= 15 is 0 Å². The molecule has 110 valence electrons. The highest BCUT2D eigenvalue weighted by Gasteiger charge is 1.92. The van der Waals surface area contributed by atoms with E-state index in [1.54, 1.807) is 7.11 Å². The molecule has 0 saturated carbocycles. The Hall–Kier alpha value is -1.42. The highest BCUT2D eigenvalue weighted by Crippen LogP contribution is 2.12. The summed E-state index contributed by atoms with van der Waals surface area (Å²) < 4.78 is 5.19. The van der Waals surface area contributed by atoms with Gasteiger partial charge < -0.3 is 4.74 Å². The molecule has 0 aliphatic rings. The van der Waals surface area contributed by atoms with Gasteiger partial charge in [0.25, 0.3) is 0 Å². The SMILES string of the molecule is CCCCCCCCCCC#Cc1cccc(OC)c1. The molecule has 0 unspecified atom stereocenters. The molecular weight excluding hydrogens is 244 g/mol. The molecule has 0 radical (unpaired) electrons. The number of ether oxygens (including phenoxy) is 1. The van der Waals surface area contributed by atoms with Gasteiger partial charge in [0.1, 0.15) is 5.75 Å². The Balaban J connectivity index is 2.08. The molecule has 0 aliphatic heterocycles. The maximum atomic E-state index is 5.19. The van der Waals surface area contributed by atoms with E-state index in [9.17, 15) is 0 Å². The van der Waals surface area contributed by atoms with Crippen LogP contribution in [0.25, 0.3) is 0 Å². The molecule has 0 amide bonds. The standard InChI is InChI=1S/C19H28O/c1-3-4-5-6-7-8-9-10-11-12-14-18-15-13-16-19(17-18)20-2/h13,15-17H,3-11H2,1-2H3. The molecule has 0 saturated heterocycles. The molecule has 0 fully saturated rings. The first-order valence-electron chi connectivity index (χ1n) is 7.99. The average Bonchev–Trinajstić information content (AvgIpc) is 2.49. The van der Waals surface area contributed by atoms with Crippen LogP contribution in [0.15, 0.2) is 24.3 Å². The van der Waals surface area contributed by atoms with Gasteiger partial charge in [0.05, 0.1) is 7.11 Å². The van der Waals surface area contributed by atoms with Gasteiger partial charge in [-0.15, -0.1) is 0 Å². The summed E-state index contributed by atoms with van der Waals surface area (Å²) in [6.45, 7) is 2.26. The molecule has 1 heteroatoms. The lowest BCUT2D eigenvalue weighted by Crippen LogP contribution is -1.83. The maximum absolute atomic E-state index is 5.19. The van der Waals surface area contributed by atoms with Crippen LogP contribution in [0.1, 0.15) is 70.3 Å². The summed E-state index contributed by atoms with van der Waals surface area (Å²) in [5, 5.41) is 0. The number of rotatable bonds is 9. The average molecular weight is 272 g/mol. The highest BCUT2D eigenvalue weighted by molar-refractivity contribution is 5.39. The largest absolute Gasteiger partial charge is 0.497 e. The Labute approximate surface area is 124 Å². The predicted molar refractivity (Wildman–Crippen MR) is 87.1 cm³/mol. The van der Waals surface area contributed by atoms with E-state index in [2.05, 4.69) is 18.8 Å². The first kappa shape index (κ1) is 16.6. The topological polar surface area (TPSA) is 9.23 Å². The zero-order valence-corrected chi connectivity index (χ0v) is 13.1. The van der Waals surface area contributed by atoms with Crippen LogP contribution in [-0.4, -0.2) is 7.11 Å². The van der Waals surface area contributed by atoms with Crippen molar-refractivity contribution in [2.45, 2.75) is 64.7 Å². The van der Waals surface area contributed by atoms with Gasteiger partial charge in [0, 0.05) is 12.0 Å². The van der Waals surface area contributed by atoms with E-state index in [0.29, 0.717) is 0 Å². The van der Waals surface area contributed by atoms with Gasteiger partial charge >= 0.3 is 0 Å².